The number of hydrogen-bond acceptors (Lipinski definition) is 6. The molecule has 2 aromatic rings. The Morgan fingerprint density at radius 1 is 1.18 bits per heavy atom. The summed E-state index contributed by atoms with van der Waals surface area (Å²) in [4.78, 5) is 27.1. The zero-order valence-corrected chi connectivity index (χ0v) is 16.9. The largest absolute Gasteiger partial charge is 0.382 e. The third kappa shape index (κ3) is 6.22. The second-order valence-electron chi connectivity index (χ2n) is 6.66. The maximum Gasteiger partial charge on any atom is 0.223 e. The third-order valence-corrected chi connectivity index (χ3v) is 4.83. The smallest absolute Gasteiger partial charge is 0.223 e. The second-order valence-corrected chi connectivity index (χ2v) is 6.66. The topological polar surface area (TPSA) is 77.4 Å². The molecule has 0 unspecified atom stereocenters. The van der Waals surface area contributed by atoms with E-state index >= 15 is 0 Å². The van der Waals surface area contributed by atoms with Crippen molar-refractivity contribution >= 4 is 18.3 Å². The van der Waals surface area contributed by atoms with Crippen molar-refractivity contribution in [3.63, 3.8) is 0 Å². The van der Waals surface area contributed by atoms with Crippen LogP contribution in [0.3, 0.4) is 0 Å². The summed E-state index contributed by atoms with van der Waals surface area (Å²) in [5, 5.41) is 0. The Labute approximate surface area is 171 Å². The highest BCUT2D eigenvalue weighted by molar-refractivity contribution is 5.85. The molecule has 1 fully saturated rings. The van der Waals surface area contributed by atoms with E-state index in [9.17, 15) is 4.79 Å². The monoisotopic (exact) mass is 406 g/mol. The molecule has 1 amide bonds. The molecule has 0 radical (unpaired) electrons. The Morgan fingerprint density at radius 3 is 2.68 bits per heavy atom. The van der Waals surface area contributed by atoms with E-state index in [1.54, 1.807) is 25.7 Å². The van der Waals surface area contributed by atoms with E-state index in [2.05, 4.69) is 15.0 Å². The minimum Gasteiger partial charge on any atom is -0.382 e. The van der Waals surface area contributed by atoms with Crippen molar-refractivity contribution in [2.24, 2.45) is 0 Å². The number of ether oxygens (including phenoxy) is 2. The van der Waals surface area contributed by atoms with Gasteiger partial charge in [0, 0.05) is 44.9 Å². The summed E-state index contributed by atoms with van der Waals surface area (Å²) in [6.07, 6.45) is 11.3. The molecule has 0 bridgehead atoms. The first-order chi connectivity index (χ1) is 13.3. The Hall–Kier alpha value is -2.09. The Morgan fingerprint density at radius 2 is 1.96 bits per heavy atom. The van der Waals surface area contributed by atoms with Gasteiger partial charge >= 0.3 is 0 Å². The molecule has 0 spiro atoms. The second kappa shape index (κ2) is 11.7. The Balaban J connectivity index is 0.00000280. The van der Waals surface area contributed by atoms with Crippen LogP contribution in [0.4, 0.5) is 0 Å². The predicted molar refractivity (Wildman–Crippen MR) is 107 cm³/mol. The summed E-state index contributed by atoms with van der Waals surface area (Å²) in [7, 11) is 1.66. The number of rotatable bonds is 9. The third-order valence-electron chi connectivity index (χ3n) is 4.83. The average molecular weight is 407 g/mol. The molecular weight excluding hydrogens is 380 g/mol. The maximum atomic E-state index is 12.9. The van der Waals surface area contributed by atoms with E-state index in [4.69, 9.17) is 9.47 Å². The van der Waals surface area contributed by atoms with Crippen molar-refractivity contribution in [1.29, 1.82) is 0 Å². The molecule has 3 rings (SSSR count). The number of nitrogens with zero attached hydrogens (tertiary/aromatic N) is 4. The van der Waals surface area contributed by atoms with Gasteiger partial charge in [-0.25, -0.2) is 9.97 Å². The van der Waals surface area contributed by atoms with E-state index in [1.165, 1.54) is 6.33 Å². The van der Waals surface area contributed by atoms with Crippen LogP contribution in [0, 0.1) is 0 Å². The van der Waals surface area contributed by atoms with Gasteiger partial charge in [-0.05, 0) is 36.5 Å². The molecule has 0 saturated carbocycles. The van der Waals surface area contributed by atoms with Crippen molar-refractivity contribution in [1.82, 2.24) is 19.9 Å². The van der Waals surface area contributed by atoms with E-state index in [0.29, 0.717) is 32.6 Å². The lowest BCUT2D eigenvalue weighted by Crippen LogP contribution is -2.42. The first-order valence-corrected chi connectivity index (χ1v) is 9.30. The number of methoxy groups -OCH3 is 1. The molecule has 0 N–H and O–H groups in total. The van der Waals surface area contributed by atoms with Crippen LogP contribution in [-0.4, -0.2) is 64.8 Å². The molecule has 7 nitrogen and oxygen atoms in total. The maximum absolute atomic E-state index is 12.9. The molecule has 1 aliphatic rings. The zero-order chi connectivity index (χ0) is 18.9. The molecular formula is C20H27ClN4O3. The van der Waals surface area contributed by atoms with Crippen LogP contribution in [0.1, 0.15) is 24.0 Å². The van der Waals surface area contributed by atoms with Gasteiger partial charge in [0.15, 0.2) is 0 Å². The average Bonchev–Trinajstić information content (AvgIpc) is 3.10. The molecule has 2 aromatic heterocycles. The highest BCUT2D eigenvalue weighted by atomic mass is 35.5. The fourth-order valence-electron chi connectivity index (χ4n) is 3.47. The van der Waals surface area contributed by atoms with Gasteiger partial charge in [-0.1, -0.05) is 6.07 Å². The minimum atomic E-state index is 0. The number of aromatic nitrogens is 3. The number of amides is 1. The lowest BCUT2D eigenvalue weighted by atomic mass is 10.0. The number of hydrogen-bond donors (Lipinski definition) is 0. The number of carbonyl (C=O) groups excluding carboxylic acids is 1. The molecule has 0 aliphatic carbocycles. The lowest BCUT2D eigenvalue weighted by Gasteiger charge is -2.28. The molecule has 152 valence electrons. The van der Waals surface area contributed by atoms with Gasteiger partial charge in [0.2, 0.25) is 5.91 Å². The number of aryl methyl sites for hydroxylation is 1. The van der Waals surface area contributed by atoms with Gasteiger partial charge in [0.25, 0.3) is 0 Å². The minimum absolute atomic E-state index is 0. The molecule has 8 heteroatoms. The lowest BCUT2D eigenvalue weighted by molar-refractivity contribution is -0.133. The number of carbonyl (C=O) groups is 1. The van der Waals surface area contributed by atoms with Crippen LogP contribution >= 0.6 is 12.4 Å². The highest BCUT2D eigenvalue weighted by Gasteiger charge is 2.37. The van der Waals surface area contributed by atoms with Crippen molar-refractivity contribution in [2.45, 2.75) is 37.8 Å². The van der Waals surface area contributed by atoms with Gasteiger partial charge < -0.3 is 14.4 Å². The number of pyridine rings is 1. The van der Waals surface area contributed by atoms with Crippen molar-refractivity contribution in [3.05, 3.63) is 54.4 Å². The highest BCUT2D eigenvalue weighted by Crippen LogP contribution is 2.25. The van der Waals surface area contributed by atoms with Crippen LogP contribution in [0.2, 0.25) is 0 Å². The van der Waals surface area contributed by atoms with E-state index < -0.39 is 0 Å². The molecule has 1 saturated heterocycles. The van der Waals surface area contributed by atoms with Crippen molar-refractivity contribution in [3.8, 4) is 0 Å². The van der Waals surface area contributed by atoms with Gasteiger partial charge in [-0.2, -0.15) is 0 Å². The quantitative estimate of drug-likeness (QED) is 0.593. The zero-order valence-electron chi connectivity index (χ0n) is 16.1. The fourth-order valence-corrected chi connectivity index (χ4v) is 3.47. The summed E-state index contributed by atoms with van der Waals surface area (Å²) < 4.78 is 11.1. The Bertz CT molecular complexity index is 705. The van der Waals surface area contributed by atoms with Crippen molar-refractivity contribution in [2.75, 3.05) is 26.9 Å². The van der Waals surface area contributed by atoms with Crippen LogP contribution in [-0.2, 0) is 27.1 Å². The van der Waals surface area contributed by atoms with E-state index in [-0.39, 0.29) is 30.5 Å². The predicted octanol–water partition coefficient (Wildman–Crippen LogP) is 2.10. The Kier molecular flexibility index (Phi) is 9.27. The standard InChI is InChI=1S/C20H26N4O3.ClH/c1-26-9-10-27-19-6-8-24(18(19)11-16-3-2-7-21-12-16)20(25)5-4-17-13-22-15-23-14-17;/h2-3,7,12-15,18-19H,4-6,8-11H2,1H3;1H/t18-,19-;/m0./s1. The van der Waals surface area contributed by atoms with Crippen LogP contribution in [0.15, 0.2) is 43.2 Å². The summed E-state index contributed by atoms with van der Waals surface area (Å²) in [6.45, 7) is 1.80. The number of halogens is 1. The van der Waals surface area contributed by atoms with Crippen LogP contribution < -0.4 is 0 Å². The van der Waals surface area contributed by atoms with Crippen LogP contribution in [0.25, 0.3) is 0 Å². The van der Waals surface area contributed by atoms with E-state index in [1.807, 2.05) is 23.2 Å². The first-order valence-electron chi connectivity index (χ1n) is 9.30. The SMILES string of the molecule is COCCO[C@H]1CCN(C(=O)CCc2cncnc2)[C@H]1Cc1cccnc1.Cl. The first kappa shape index (κ1) is 22.2. The normalized spacial score (nSPS) is 18.7. The van der Waals surface area contributed by atoms with Gasteiger partial charge in [-0.3, -0.25) is 9.78 Å². The number of likely N-dealkylation sites (tertiary alicyclic amines) is 1. The summed E-state index contributed by atoms with van der Waals surface area (Å²) in [5.41, 5.74) is 2.08. The molecule has 1 aliphatic heterocycles. The molecule has 2 atom stereocenters. The van der Waals surface area contributed by atoms with E-state index in [0.717, 1.165) is 24.0 Å². The van der Waals surface area contributed by atoms with Crippen LogP contribution in [0.5, 0.6) is 0 Å². The fraction of sp³-hybridized carbons (Fsp3) is 0.500. The van der Waals surface area contributed by atoms with Gasteiger partial charge in [0.05, 0.1) is 25.4 Å². The van der Waals surface area contributed by atoms with Gasteiger partial charge in [-0.15, -0.1) is 12.4 Å². The molecule has 28 heavy (non-hydrogen) atoms. The summed E-state index contributed by atoms with van der Waals surface area (Å²) >= 11 is 0. The summed E-state index contributed by atoms with van der Waals surface area (Å²) in [5.74, 6) is 0.144. The molecule has 0 aromatic carbocycles. The molecule has 3 heterocycles. The van der Waals surface area contributed by atoms with Gasteiger partial charge in [0.1, 0.15) is 6.33 Å². The summed E-state index contributed by atoms with van der Waals surface area (Å²) in [6, 6.07) is 3.99. The van der Waals surface area contributed by atoms with Crippen molar-refractivity contribution < 1.29 is 14.3 Å².